The second-order valence-corrected chi connectivity index (χ2v) is 11.0. The molecule has 6 aromatic carbocycles. The van der Waals surface area contributed by atoms with Crippen LogP contribution in [0.25, 0.3) is 43.8 Å². The van der Waals surface area contributed by atoms with E-state index in [2.05, 4.69) is 142 Å². The molecule has 6 aromatic rings. The summed E-state index contributed by atoms with van der Waals surface area (Å²) in [6.45, 7) is 8.86. The van der Waals surface area contributed by atoms with Gasteiger partial charge >= 0.3 is 0 Å². The molecule has 0 unspecified atom stereocenters. The second-order valence-electron chi connectivity index (χ2n) is 11.0. The van der Waals surface area contributed by atoms with Crippen LogP contribution in [0.4, 0.5) is 17.1 Å². The van der Waals surface area contributed by atoms with Crippen LogP contribution >= 0.6 is 0 Å². The molecule has 7 rings (SSSR count). The van der Waals surface area contributed by atoms with Gasteiger partial charge < -0.3 is 4.90 Å². The summed E-state index contributed by atoms with van der Waals surface area (Å²) >= 11 is 0. The van der Waals surface area contributed by atoms with Crippen molar-refractivity contribution in [2.24, 2.45) is 0 Å². The molecular weight excluding hydrogens is 458 g/mol. The van der Waals surface area contributed by atoms with Crippen LogP contribution < -0.4 is 4.90 Å². The zero-order valence-corrected chi connectivity index (χ0v) is 22.4. The maximum Gasteiger partial charge on any atom is 0.0468 e. The molecule has 1 nitrogen and oxygen atoms in total. The molecule has 0 spiro atoms. The fourth-order valence-electron chi connectivity index (χ4n) is 5.81. The molecule has 0 bridgehead atoms. The summed E-state index contributed by atoms with van der Waals surface area (Å²) in [6, 6.07) is 40.8. The first-order valence-electron chi connectivity index (χ1n) is 13.5. The number of fused-ring (bicyclic) bond motifs is 6. The number of rotatable bonds is 4. The van der Waals surface area contributed by atoms with Crippen LogP contribution in [-0.2, 0) is 0 Å². The minimum atomic E-state index is 0.512. The fourth-order valence-corrected chi connectivity index (χ4v) is 5.81. The molecule has 0 saturated heterocycles. The van der Waals surface area contributed by atoms with E-state index in [-0.39, 0.29) is 0 Å². The van der Waals surface area contributed by atoms with Gasteiger partial charge in [0.15, 0.2) is 0 Å². The Morgan fingerprint density at radius 3 is 1.53 bits per heavy atom. The van der Waals surface area contributed by atoms with Crippen LogP contribution in [0.15, 0.2) is 109 Å². The van der Waals surface area contributed by atoms with Crippen LogP contribution in [0.3, 0.4) is 0 Å². The van der Waals surface area contributed by atoms with Gasteiger partial charge in [-0.1, -0.05) is 62.4 Å². The van der Waals surface area contributed by atoms with Crippen molar-refractivity contribution in [2.75, 3.05) is 4.90 Å². The third-order valence-electron chi connectivity index (χ3n) is 8.25. The molecule has 184 valence electrons. The van der Waals surface area contributed by atoms with Crippen molar-refractivity contribution in [1.29, 1.82) is 0 Å². The molecular formula is C37H31N. The van der Waals surface area contributed by atoms with Gasteiger partial charge in [-0.15, -0.1) is 0 Å². The highest BCUT2D eigenvalue weighted by molar-refractivity contribution is 6.12. The molecule has 0 aromatic heterocycles. The summed E-state index contributed by atoms with van der Waals surface area (Å²) < 4.78 is 0. The molecule has 0 aliphatic heterocycles. The average Bonchev–Trinajstić information content (AvgIpc) is 2.93. The third-order valence-corrected chi connectivity index (χ3v) is 8.25. The van der Waals surface area contributed by atoms with E-state index in [9.17, 15) is 0 Å². The Bertz CT molecular complexity index is 1860. The minimum Gasteiger partial charge on any atom is -0.310 e. The molecule has 1 aliphatic rings. The molecule has 0 saturated carbocycles. The topological polar surface area (TPSA) is 3.24 Å². The van der Waals surface area contributed by atoms with Gasteiger partial charge in [-0.3, -0.25) is 0 Å². The van der Waals surface area contributed by atoms with Crippen LogP contribution in [0.2, 0.25) is 0 Å². The zero-order valence-electron chi connectivity index (χ0n) is 22.4. The van der Waals surface area contributed by atoms with Crippen LogP contribution in [-0.4, -0.2) is 0 Å². The first-order chi connectivity index (χ1) is 18.5. The minimum absolute atomic E-state index is 0.512. The molecule has 0 N–H and O–H groups in total. The van der Waals surface area contributed by atoms with Gasteiger partial charge in [-0.05, 0) is 141 Å². The number of anilines is 3. The average molecular weight is 490 g/mol. The predicted molar refractivity (Wildman–Crippen MR) is 164 cm³/mol. The third kappa shape index (κ3) is 3.62. The highest BCUT2D eigenvalue weighted by Gasteiger charge is 2.24. The molecule has 0 amide bonds. The first-order valence-corrected chi connectivity index (χ1v) is 13.5. The van der Waals surface area contributed by atoms with Gasteiger partial charge in [0.2, 0.25) is 0 Å². The number of aryl methyl sites for hydroxylation is 2. The lowest BCUT2D eigenvalue weighted by Gasteiger charge is -2.28. The normalized spacial score (nSPS) is 11.9. The second kappa shape index (κ2) is 8.60. The Morgan fingerprint density at radius 2 is 0.947 bits per heavy atom. The first kappa shape index (κ1) is 22.8. The lowest BCUT2D eigenvalue weighted by atomic mass is 9.78. The van der Waals surface area contributed by atoms with Gasteiger partial charge in [0, 0.05) is 17.1 Å². The van der Waals surface area contributed by atoms with E-state index in [4.69, 9.17) is 0 Å². The molecule has 0 atom stereocenters. The van der Waals surface area contributed by atoms with E-state index >= 15 is 0 Å². The number of hydrogen-bond acceptors (Lipinski definition) is 1. The van der Waals surface area contributed by atoms with E-state index in [1.165, 1.54) is 77.6 Å². The molecule has 0 radical (unpaired) electrons. The van der Waals surface area contributed by atoms with E-state index in [0.717, 1.165) is 0 Å². The van der Waals surface area contributed by atoms with Crippen LogP contribution in [0, 0.1) is 13.8 Å². The van der Waals surface area contributed by atoms with Crippen LogP contribution in [0.1, 0.15) is 36.5 Å². The standard InChI is InChI=1S/C37H31N/c1-23(2)26-10-14-31(15-11-26)38(32-13-9-24(3)25(4)17-32)33-16-12-29-21-36-34-19-27-7-5-6-8-28(27)20-35(34)37(36)22-30(29)18-33/h5-23H,1-4H3. The Kier molecular flexibility index (Phi) is 5.16. The van der Waals surface area contributed by atoms with E-state index in [0.29, 0.717) is 5.92 Å². The number of hydrogen-bond donors (Lipinski definition) is 0. The van der Waals surface area contributed by atoms with Crippen molar-refractivity contribution in [3.8, 4) is 22.3 Å². The van der Waals surface area contributed by atoms with Gasteiger partial charge in [-0.2, -0.15) is 0 Å². The summed E-state index contributed by atoms with van der Waals surface area (Å²) in [5.74, 6) is 0.512. The number of nitrogens with zero attached hydrogens (tertiary/aromatic N) is 1. The fraction of sp³-hybridized carbons (Fsp3) is 0.135. The van der Waals surface area contributed by atoms with Gasteiger partial charge in [-0.25, -0.2) is 0 Å². The summed E-state index contributed by atoms with van der Waals surface area (Å²) in [7, 11) is 0. The Hall–Kier alpha value is -4.36. The Balaban J connectivity index is 1.36. The van der Waals surface area contributed by atoms with E-state index in [1.807, 2.05) is 0 Å². The monoisotopic (exact) mass is 489 g/mol. The highest BCUT2D eigenvalue weighted by Crippen LogP contribution is 2.50. The largest absolute Gasteiger partial charge is 0.310 e. The molecule has 1 heteroatoms. The molecule has 0 heterocycles. The Morgan fingerprint density at radius 1 is 0.447 bits per heavy atom. The van der Waals surface area contributed by atoms with Gasteiger partial charge in [0.25, 0.3) is 0 Å². The van der Waals surface area contributed by atoms with Gasteiger partial charge in [0.1, 0.15) is 0 Å². The molecule has 38 heavy (non-hydrogen) atoms. The van der Waals surface area contributed by atoms with Crippen molar-refractivity contribution < 1.29 is 0 Å². The maximum absolute atomic E-state index is 2.39. The quantitative estimate of drug-likeness (QED) is 0.238. The van der Waals surface area contributed by atoms with Gasteiger partial charge in [0.05, 0.1) is 0 Å². The van der Waals surface area contributed by atoms with E-state index < -0.39 is 0 Å². The van der Waals surface area contributed by atoms with Crippen LogP contribution in [0.5, 0.6) is 0 Å². The highest BCUT2D eigenvalue weighted by atomic mass is 15.1. The lowest BCUT2D eigenvalue weighted by molar-refractivity contribution is 0.866. The summed E-state index contributed by atoms with van der Waals surface area (Å²) in [4.78, 5) is 2.39. The van der Waals surface area contributed by atoms with Crippen molar-refractivity contribution in [2.45, 2.75) is 33.6 Å². The molecule has 1 aliphatic carbocycles. The smallest absolute Gasteiger partial charge is 0.0468 e. The predicted octanol–water partition coefficient (Wildman–Crippen LogP) is 10.9. The summed E-state index contributed by atoms with van der Waals surface area (Å²) in [5.41, 5.74) is 13.0. The SMILES string of the molecule is Cc1ccc(N(c2ccc(C(C)C)cc2)c2ccc3cc4c(cc3c2)-c2cc3ccccc3cc2-4)cc1C. The van der Waals surface area contributed by atoms with Crippen molar-refractivity contribution in [3.05, 3.63) is 126 Å². The van der Waals surface area contributed by atoms with Crippen molar-refractivity contribution in [3.63, 3.8) is 0 Å². The van der Waals surface area contributed by atoms with Crippen molar-refractivity contribution >= 4 is 38.6 Å². The Labute approximate surface area is 225 Å². The lowest BCUT2D eigenvalue weighted by Crippen LogP contribution is -2.10. The number of benzene rings is 6. The van der Waals surface area contributed by atoms with E-state index in [1.54, 1.807) is 0 Å². The van der Waals surface area contributed by atoms with Crippen molar-refractivity contribution in [1.82, 2.24) is 0 Å². The summed E-state index contributed by atoms with van der Waals surface area (Å²) in [6.07, 6.45) is 0. The zero-order chi connectivity index (χ0) is 26.0. The molecule has 0 fully saturated rings. The summed E-state index contributed by atoms with van der Waals surface area (Å²) in [5, 5.41) is 5.16. The maximum atomic E-state index is 2.39.